The molecule has 22 heavy (non-hydrogen) atoms. The van der Waals surface area contributed by atoms with E-state index in [1.165, 1.54) is 0 Å². The first-order chi connectivity index (χ1) is 10.8. The Morgan fingerprint density at radius 1 is 1.27 bits per heavy atom. The van der Waals surface area contributed by atoms with E-state index in [1.807, 2.05) is 24.3 Å². The Labute approximate surface area is 128 Å². The summed E-state index contributed by atoms with van der Waals surface area (Å²) in [7, 11) is 1.61. The zero-order valence-electron chi connectivity index (χ0n) is 12.4. The quantitative estimate of drug-likeness (QED) is 0.867. The van der Waals surface area contributed by atoms with Gasteiger partial charge in [-0.05, 0) is 25.0 Å². The summed E-state index contributed by atoms with van der Waals surface area (Å²) in [4.78, 5) is 18.6. The minimum Gasteiger partial charge on any atom is -0.495 e. The molecule has 6 heteroatoms. The van der Waals surface area contributed by atoms with Gasteiger partial charge in [0.15, 0.2) is 5.82 Å². The van der Waals surface area contributed by atoms with Crippen LogP contribution in [-0.2, 0) is 4.79 Å². The van der Waals surface area contributed by atoms with E-state index < -0.39 is 0 Å². The Morgan fingerprint density at radius 3 is 2.86 bits per heavy atom. The van der Waals surface area contributed by atoms with Crippen LogP contribution in [0.4, 0.5) is 5.69 Å². The second-order valence-corrected chi connectivity index (χ2v) is 5.84. The molecule has 1 atom stereocenters. The van der Waals surface area contributed by atoms with Gasteiger partial charge in [-0.15, -0.1) is 0 Å². The molecule has 1 aliphatic heterocycles. The van der Waals surface area contributed by atoms with Gasteiger partial charge in [0.1, 0.15) is 5.75 Å². The van der Waals surface area contributed by atoms with E-state index in [0.29, 0.717) is 30.5 Å². The predicted octanol–water partition coefficient (Wildman–Crippen LogP) is 2.48. The van der Waals surface area contributed by atoms with Crippen molar-refractivity contribution >= 4 is 11.6 Å². The number of ether oxygens (including phenoxy) is 1. The number of rotatable bonds is 4. The normalized spacial score (nSPS) is 21.4. The first kappa shape index (κ1) is 13.3. The van der Waals surface area contributed by atoms with Crippen LogP contribution in [0, 0.1) is 0 Å². The molecule has 1 aliphatic carbocycles. The molecule has 0 bridgehead atoms. The number of methoxy groups -OCH3 is 1. The molecule has 4 rings (SSSR count). The number of anilines is 1. The SMILES string of the molecule is COc1ccccc1N1CC(c2nc(C3CC3)no2)CC1=O. The smallest absolute Gasteiger partial charge is 0.232 e. The summed E-state index contributed by atoms with van der Waals surface area (Å²) in [5, 5.41) is 4.04. The highest BCUT2D eigenvalue weighted by atomic mass is 16.5. The van der Waals surface area contributed by atoms with E-state index in [-0.39, 0.29) is 11.8 Å². The van der Waals surface area contributed by atoms with Gasteiger partial charge >= 0.3 is 0 Å². The molecule has 2 heterocycles. The van der Waals surface area contributed by atoms with Crippen LogP contribution in [0.25, 0.3) is 0 Å². The van der Waals surface area contributed by atoms with Crippen molar-refractivity contribution in [3.05, 3.63) is 36.0 Å². The maximum absolute atomic E-state index is 12.4. The Bertz CT molecular complexity index is 708. The lowest BCUT2D eigenvalue weighted by Crippen LogP contribution is -2.24. The van der Waals surface area contributed by atoms with Gasteiger partial charge in [0.25, 0.3) is 0 Å². The van der Waals surface area contributed by atoms with Gasteiger partial charge in [0.05, 0.1) is 18.7 Å². The van der Waals surface area contributed by atoms with Crippen LogP contribution in [0.3, 0.4) is 0 Å². The maximum atomic E-state index is 12.4. The van der Waals surface area contributed by atoms with Gasteiger partial charge < -0.3 is 14.2 Å². The third-order valence-corrected chi connectivity index (χ3v) is 4.25. The van der Waals surface area contributed by atoms with Gasteiger partial charge in [0, 0.05) is 18.9 Å². The van der Waals surface area contributed by atoms with E-state index in [0.717, 1.165) is 24.4 Å². The number of benzene rings is 1. The molecule has 1 saturated heterocycles. The van der Waals surface area contributed by atoms with Gasteiger partial charge in [-0.25, -0.2) is 0 Å². The largest absolute Gasteiger partial charge is 0.495 e. The molecule has 114 valence electrons. The molecule has 6 nitrogen and oxygen atoms in total. The number of para-hydroxylation sites is 2. The van der Waals surface area contributed by atoms with Crippen molar-refractivity contribution < 1.29 is 14.1 Å². The molecule has 2 fully saturated rings. The third kappa shape index (κ3) is 2.24. The molecule has 1 amide bonds. The average molecular weight is 299 g/mol. The lowest BCUT2D eigenvalue weighted by molar-refractivity contribution is -0.117. The molecule has 0 radical (unpaired) electrons. The molecule has 2 aromatic rings. The van der Waals surface area contributed by atoms with Crippen molar-refractivity contribution in [2.24, 2.45) is 0 Å². The van der Waals surface area contributed by atoms with Crippen molar-refractivity contribution in [1.29, 1.82) is 0 Å². The Hall–Kier alpha value is -2.37. The molecular weight excluding hydrogens is 282 g/mol. The van der Waals surface area contributed by atoms with Crippen molar-refractivity contribution in [2.45, 2.75) is 31.1 Å². The van der Waals surface area contributed by atoms with Crippen molar-refractivity contribution in [2.75, 3.05) is 18.6 Å². The standard InChI is InChI=1S/C16H17N3O3/c1-21-13-5-3-2-4-12(13)19-9-11(8-14(19)20)16-17-15(18-22-16)10-6-7-10/h2-5,10-11H,6-9H2,1H3. The highest BCUT2D eigenvalue weighted by Gasteiger charge is 2.37. The number of hydrogen-bond acceptors (Lipinski definition) is 5. The van der Waals surface area contributed by atoms with Crippen LogP contribution in [0.1, 0.15) is 42.8 Å². The summed E-state index contributed by atoms with van der Waals surface area (Å²) in [5.41, 5.74) is 0.791. The first-order valence-electron chi connectivity index (χ1n) is 7.53. The Balaban J connectivity index is 1.57. The fourth-order valence-corrected chi connectivity index (χ4v) is 2.88. The molecule has 1 unspecified atom stereocenters. The van der Waals surface area contributed by atoms with E-state index in [4.69, 9.17) is 9.26 Å². The van der Waals surface area contributed by atoms with Gasteiger partial charge in [-0.1, -0.05) is 17.3 Å². The monoisotopic (exact) mass is 299 g/mol. The molecule has 2 aliphatic rings. The van der Waals surface area contributed by atoms with Gasteiger partial charge in [0.2, 0.25) is 11.8 Å². The highest BCUT2D eigenvalue weighted by molar-refractivity contribution is 5.97. The maximum Gasteiger partial charge on any atom is 0.232 e. The van der Waals surface area contributed by atoms with E-state index in [1.54, 1.807) is 12.0 Å². The first-order valence-corrected chi connectivity index (χ1v) is 7.53. The third-order valence-electron chi connectivity index (χ3n) is 4.25. The molecule has 1 aromatic heterocycles. The molecule has 1 saturated carbocycles. The topological polar surface area (TPSA) is 68.5 Å². The van der Waals surface area contributed by atoms with Crippen molar-refractivity contribution in [3.63, 3.8) is 0 Å². The van der Waals surface area contributed by atoms with Gasteiger partial charge in [-0.3, -0.25) is 4.79 Å². The molecule has 0 N–H and O–H groups in total. The van der Waals surface area contributed by atoms with E-state index in [9.17, 15) is 4.79 Å². The Morgan fingerprint density at radius 2 is 2.09 bits per heavy atom. The van der Waals surface area contributed by atoms with Crippen molar-refractivity contribution in [3.8, 4) is 5.75 Å². The minimum atomic E-state index is -0.0441. The molecule has 1 aromatic carbocycles. The van der Waals surface area contributed by atoms with Crippen LogP contribution in [0.2, 0.25) is 0 Å². The van der Waals surface area contributed by atoms with Crippen LogP contribution in [0.5, 0.6) is 5.75 Å². The lowest BCUT2D eigenvalue weighted by atomic mass is 10.1. The second-order valence-electron chi connectivity index (χ2n) is 5.84. The highest BCUT2D eigenvalue weighted by Crippen LogP contribution is 2.40. The summed E-state index contributed by atoms with van der Waals surface area (Å²) < 4.78 is 10.7. The van der Waals surface area contributed by atoms with E-state index >= 15 is 0 Å². The predicted molar refractivity (Wildman–Crippen MR) is 79.0 cm³/mol. The number of carbonyl (C=O) groups is 1. The lowest BCUT2D eigenvalue weighted by Gasteiger charge is -2.18. The average Bonchev–Trinajstić information content (AvgIpc) is 3.15. The number of aromatic nitrogens is 2. The zero-order chi connectivity index (χ0) is 15.1. The summed E-state index contributed by atoms with van der Waals surface area (Å²) in [6.45, 7) is 0.547. The van der Waals surface area contributed by atoms with Crippen molar-refractivity contribution in [1.82, 2.24) is 10.1 Å². The van der Waals surface area contributed by atoms with Crippen LogP contribution in [-0.4, -0.2) is 29.7 Å². The summed E-state index contributed by atoms with van der Waals surface area (Å²) in [5.74, 6) is 2.53. The molecular formula is C16H17N3O3. The van der Waals surface area contributed by atoms with Gasteiger partial charge in [-0.2, -0.15) is 4.98 Å². The number of amides is 1. The minimum absolute atomic E-state index is 0.0441. The second kappa shape index (κ2) is 5.12. The number of hydrogen-bond donors (Lipinski definition) is 0. The van der Waals surface area contributed by atoms with Crippen LogP contribution in [0.15, 0.2) is 28.8 Å². The van der Waals surface area contributed by atoms with E-state index in [2.05, 4.69) is 10.1 Å². The molecule has 0 spiro atoms. The summed E-state index contributed by atoms with van der Waals surface area (Å²) in [6.07, 6.45) is 2.66. The number of nitrogens with zero attached hydrogens (tertiary/aromatic N) is 3. The van der Waals surface area contributed by atoms with Crippen LogP contribution < -0.4 is 9.64 Å². The fraction of sp³-hybridized carbons (Fsp3) is 0.438. The summed E-state index contributed by atoms with van der Waals surface area (Å²) >= 11 is 0. The Kier molecular flexibility index (Phi) is 3.10. The zero-order valence-corrected chi connectivity index (χ0v) is 12.4. The fourth-order valence-electron chi connectivity index (χ4n) is 2.88. The van der Waals surface area contributed by atoms with Crippen LogP contribution >= 0.6 is 0 Å². The summed E-state index contributed by atoms with van der Waals surface area (Å²) in [6, 6.07) is 7.53. The number of carbonyl (C=O) groups excluding carboxylic acids is 1.